The first-order valence-corrected chi connectivity index (χ1v) is 4.34. The second kappa shape index (κ2) is 2.95. The van der Waals surface area contributed by atoms with Crippen molar-refractivity contribution in [3.63, 3.8) is 0 Å². The highest BCUT2D eigenvalue weighted by atomic mass is 16.3. The lowest BCUT2D eigenvalue weighted by molar-refractivity contribution is 0.0963. The minimum Gasteiger partial charge on any atom is -0.393 e. The van der Waals surface area contributed by atoms with Crippen LogP contribution in [0.15, 0.2) is 0 Å². The Morgan fingerprint density at radius 1 is 1.60 bits per heavy atom. The van der Waals surface area contributed by atoms with Crippen molar-refractivity contribution in [2.45, 2.75) is 38.6 Å². The highest BCUT2D eigenvalue weighted by molar-refractivity contribution is 6.12. The van der Waals surface area contributed by atoms with E-state index < -0.39 is 0 Å². The molecule has 0 heterocycles. The third-order valence-electron chi connectivity index (χ3n) is 3.12. The van der Waals surface area contributed by atoms with Gasteiger partial charge in [-0.05, 0) is 11.8 Å². The van der Waals surface area contributed by atoms with Crippen molar-refractivity contribution in [1.82, 2.24) is 0 Å². The van der Waals surface area contributed by atoms with E-state index in [1.165, 1.54) is 6.42 Å². The Morgan fingerprint density at radius 2 is 2.20 bits per heavy atom. The summed E-state index contributed by atoms with van der Waals surface area (Å²) in [5, 5.41) is 9.63. The predicted octanol–water partition coefficient (Wildman–Crippen LogP) is 0.835. The topological polar surface area (TPSA) is 20.2 Å². The molecule has 0 aliphatic heterocycles. The molecule has 4 atom stereocenters. The summed E-state index contributed by atoms with van der Waals surface area (Å²) in [5.41, 5.74) is 0. The van der Waals surface area contributed by atoms with Crippen molar-refractivity contribution in [1.29, 1.82) is 0 Å². The van der Waals surface area contributed by atoms with E-state index in [9.17, 15) is 5.11 Å². The summed E-state index contributed by atoms with van der Waals surface area (Å²) in [6, 6.07) is 0. The summed E-state index contributed by atoms with van der Waals surface area (Å²) < 4.78 is 0. The van der Waals surface area contributed by atoms with Crippen molar-refractivity contribution in [3.05, 3.63) is 0 Å². The van der Waals surface area contributed by atoms with Crippen molar-refractivity contribution < 1.29 is 5.11 Å². The van der Waals surface area contributed by atoms with Crippen LogP contribution >= 0.6 is 0 Å². The van der Waals surface area contributed by atoms with E-state index in [0.29, 0.717) is 11.8 Å². The lowest BCUT2D eigenvalue weighted by atomic mass is 9.79. The molecule has 1 N–H and O–H groups in total. The second-order valence-electron chi connectivity index (χ2n) is 3.73. The van der Waals surface area contributed by atoms with Gasteiger partial charge in [0.25, 0.3) is 0 Å². The van der Waals surface area contributed by atoms with Crippen LogP contribution in [0.2, 0.25) is 5.82 Å². The molecule has 0 aromatic heterocycles. The fraction of sp³-hybridized carbons (Fsp3) is 1.00. The van der Waals surface area contributed by atoms with Crippen LogP contribution in [0.3, 0.4) is 0 Å². The van der Waals surface area contributed by atoms with Crippen LogP contribution in [0.5, 0.6) is 0 Å². The third kappa shape index (κ3) is 1.22. The van der Waals surface area contributed by atoms with E-state index in [1.807, 2.05) is 0 Å². The van der Waals surface area contributed by atoms with Gasteiger partial charge in [0, 0.05) is 0 Å². The third-order valence-corrected chi connectivity index (χ3v) is 3.12. The first-order chi connectivity index (χ1) is 4.66. The molecule has 10 heavy (non-hydrogen) atoms. The van der Waals surface area contributed by atoms with Gasteiger partial charge in [0.15, 0.2) is 0 Å². The zero-order valence-electron chi connectivity index (χ0n) is 7.17. The molecule has 1 fully saturated rings. The maximum absolute atomic E-state index is 9.63. The van der Waals surface area contributed by atoms with E-state index in [4.69, 9.17) is 0 Å². The molecule has 1 rings (SSSR count). The molecule has 1 nitrogen and oxygen atoms in total. The molecule has 58 valence electrons. The van der Waals surface area contributed by atoms with Gasteiger partial charge < -0.3 is 5.11 Å². The Balaban J connectivity index is 2.53. The molecule has 2 heteroatoms. The number of aliphatic hydroxyl groups is 1. The van der Waals surface area contributed by atoms with Crippen molar-refractivity contribution in [2.75, 3.05) is 0 Å². The molecular weight excluding hydrogens is 123 g/mol. The Labute approximate surface area is 64.2 Å². The van der Waals surface area contributed by atoms with Gasteiger partial charge in [-0.3, -0.25) is 0 Å². The fourth-order valence-corrected chi connectivity index (χ4v) is 2.01. The monoisotopic (exact) mass is 140 g/mol. The van der Waals surface area contributed by atoms with E-state index in [0.717, 1.165) is 12.2 Å². The Kier molecular flexibility index (Phi) is 2.40. The largest absolute Gasteiger partial charge is 0.393 e. The Bertz CT molecular complexity index is 116. The SMILES string of the molecule is B[C@@H]1C[C@H](CC)[C@H](O)C1C. The minimum absolute atomic E-state index is 0.0278. The van der Waals surface area contributed by atoms with Gasteiger partial charge in [0.05, 0.1) is 6.10 Å². The molecule has 1 saturated carbocycles. The van der Waals surface area contributed by atoms with E-state index in [1.54, 1.807) is 0 Å². The molecule has 1 aliphatic rings. The quantitative estimate of drug-likeness (QED) is 0.535. The highest BCUT2D eigenvalue weighted by Crippen LogP contribution is 2.39. The Hall–Kier alpha value is 0.0249. The van der Waals surface area contributed by atoms with Crippen LogP contribution in [0.1, 0.15) is 26.7 Å². The molecule has 0 aromatic carbocycles. The fourth-order valence-electron chi connectivity index (χ4n) is 2.01. The van der Waals surface area contributed by atoms with E-state index in [2.05, 4.69) is 21.7 Å². The zero-order chi connectivity index (χ0) is 7.72. The summed E-state index contributed by atoms with van der Waals surface area (Å²) in [7, 11) is 2.24. The molecule has 0 aromatic rings. The van der Waals surface area contributed by atoms with Crippen LogP contribution in [-0.2, 0) is 0 Å². The minimum atomic E-state index is -0.0278. The van der Waals surface area contributed by atoms with Gasteiger partial charge in [-0.25, -0.2) is 0 Å². The summed E-state index contributed by atoms with van der Waals surface area (Å²) in [4.78, 5) is 0. The van der Waals surface area contributed by atoms with Gasteiger partial charge in [-0.15, -0.1) is 0 Å². The van der Waals surface area contributed by atoms with Gasteiger partial charge in [-0.2, -0.15) is 0 Å². The smallest absolute Gasteiger partial charge is 0.105 e. The maximum atomic E-state index is 9.63. The summed E-state index contributed by atoms with van der Waals surface area (Å²) in [6.07, 6.45) is 2.33. The van der Waals surface area contributed by atoms with Gasteiger partial charge in [0.1, 0.15) is 7.85 Å². The lowest BCUT2D eigenvalue weighted by Gasteiger charge is -2.15. The van der Waals surface area contributed by atoms with Crippen molar-refractivity contribution >= 4 is 7.85 Å². The first-order valence-electron chi connectivity index (χ1n) is 4.34. The molecule has 1 unspecified atom stereocenters. The molecule has 1 aliphatic carbocycles. The molecular formula is C8H17BO. The lowest BCUT2D eigenvalue weighted by Crippen LogP contribution is -2.18. The first kappa shape index (κ1) is 8.12. The summed E-state index contributed by atoms with van der Waals surface area (Å²) in [5.74, 6) is 1.81. The van der Waals surface area contributed by atoms with Gasteiger partial charge in [-0.1, -0.05) is 32.5 Å². The van der Waals surface area contributed by atoms with Crippen molar-refractivity contribution in [2.24, 2.45) is 11.8 Å². The number of hydrogen-bond donors (Lipinski definition) is 1. The van der Waals surface area contributed by atoms with E-state index >= 15 is 0 Å². The number of hydrogen-bond acceptors (Lipinski definition) is 1. The highest BCUT2D eigenvalue weighted by Gasteiger charge is 2.35. The normalized spacial score (nSPS) is 47.9. The maximum Gasteiger partial charge on any atom is 0.105 e. The summed E-state index contributed by atoms with van der Waals surface area (Å²) in [6.45, 7) is 4.32. The second-order valence-corrected chi connectivity index (χ2v) is 3.73. The van der Waals surface area contributed by atoms with Crippen molar-refractivity contribution in [3.8, 4) is 0 Å². The number of aliphatic hydroxyl groups excluding tert-OH is 1. The van der Waals surface area contributed by atoms with Gasteiger partial charge >= 0.3 is 0 Å². The zero-order valence-corrected chi connectivity index (χ0v) is 7.17. The average molecular weight is 140 g/mol. The van der Waals surface area contributed by atoms with Crippen LogP contribution in [0, 0.1) is 11.8 Å². The van der Waals surface area contributed by atoms with Crippen LogP contribution in [0.4, 0.5) is 0 Å². The van der Waals surface area contributed by atoms with Crippen LogP contribution < -0.4 is 0 Å². The standard InChI is InChI=1S/C8H17BO/c1-3-6-4-7(9)5(2)8(6)10/h5-8,10H,3-4,9H2,1-2H3/t5?,6-,7+,8+/m0/s1. The van der Waals surface area contributed by atoms with E-state index in [-0.39, 0.29) is 6.10 Å². The predicted molar refractivity (Wildman–Crippen MR) is 45.9 cm³/mol. The Morgan fingerprint density at radius 3 is 2.40 bits per heavy atom. The van der Waals surface area contributed by atoms with Crippen LogP contribution in [0.25, 0.3) is 0 Å². The average Bonchev–Trinajstić information content (AvgIpc) is 2.17. The molecule has 0 spiro atoms. The molecule has 0 bridgehead atoms. The molecule has 0 radical (unpaired) electrons. The summed E-state index contributed by atoms with van der Waals surface area (Å²) >= 11 is 0. The van der Waals surface area contributed by atoms with Crippen LogP contribution in [-0.4, -0.2) is 19.1 Å². The molecule has 0 amide bonds. The molecule has 0 saturated heterocycles. The van der Waals surface area contributed by atoms with Gasteiger partial charge in [0.2, 0.25) is 0 Å². The number of rotatable bonds is 1.